The van der Waals surface area contributed by atoms with E-state index in [1.807, 2.05) is 18.2 Å². The van der Waals surface area contributed by atoms with Gasteiger partial charge in [-0.1, -0.05) is 17.8 Å². The zero-order chi connectivity index (χ0) is 22.5. The number of ether oxygens (including phenoxy) is 1. The molecule has 3 saturated heterocycles. The largest absolute Gasteiger partial charge is 0.378 e. The van der Waals surface area contributed by atoms with Crippen LogP contribution in [0.1, 0.15) is 48.9 Å². The zero-order valence-corrected chi connectivity index (χ0v) is 20.5. The summed E-state index contributed by atoms with van der Waals surface area (Å²) in [7, 11) is 0. The number of hydrogen-bond acceptors (Lipinski definition) is 7. The number of likely N-dealkylation sites (tertiary alicyclic amines) is 2. The van der Waals surface area contributed by atoms with Crippen LogP contribution in [0.5, 0.6) is 0 Å². The van der Waals surface area contributed by atoms with Crippen molar-refractivity contribution in [1.82, 2.24) is 20.1 Å². The third-order valence-corrected chi connectivity index (χ3v) is 8.40. The van der Waals surface area contributed by atoms with Gasteiger partial charge in [-0.2, -0.15) is 0 Å². The number of anilines is 1. The normalized spacial score (nSPS) is 21.5. The molecule has 7 nitrogen and oxygen atoms in total. The average molecular weight is 472 g/mol. The van der Waals surface area contributed by atoms with Gasteiger partial charge in [0.25, 0.3) is 5.91 Å². The monoisotopic (exact) mass is 471 g/mol. The van der Waals surface area contributed by atoms with Crippen molar-refractivity contribution in [3.8, 4) is 0 Å². The molecule has 0 atom stereocenters. The Bertz CT molecular complexity index is 915. The first-order valence-corrected chi connectivity index (χ1v) is 13.6. The van der Waals surface area contributed by atoms with Crippen LogP contribution < -0.4 is 10.2 Å². The maximum absolute atomic E-state index is 12.7. The van der Waals surface area contributed by atoms with Crippen LogP contribution in [0.25, 0.3) is 10.2 Å². The van der Waals surface area contributed by atoms with Gasteiger partial charge in [0, 0.05) is 31.2 Å². The Labute approximate surface area is 201 Å². The topological polar surface area (TPSA) is 60.9 Å². The number of morpholine rings is 1. The molecule has 8 heteroatoms. The summed E-state index contributed by atoms with van der Waals surface area (Å²) in [4.78, 5) is 25.0. The fourth-order valence-electron chi connectivity index (χ4n) is 5.34. The lowest BCUT2D eigenvalue weighted by Gasteiger charge is -2.40. The summed E-state index contributed by atoms with van der Waals surface area (Å²) in [5.41, 5.74) is 1.69. The van der Waals surface area contributed by atoms with Crippen LogP contribution in [0.3, 0.4) is 0 Å². The molecule has 0 aliphatic carbocycles. The number of nitrogens with zero attached hydrogens (tertiary/aromatic N) is 4. The minimum Gasteiger partial charge on any atom is -0.378 e. The lowest BCUT2D eigenvalue weighted by atomic mass is 10.00. The van der Waals surface area contributed by atoms with E-state index in [0.717, 1.165) is 72.8 Å². The fourth-order valence-corrected chi connectivity index (χ4v) is 6.40. The number of carbonyl (C=O) groups is 1. The lowest BCUT2D eigenvalue weighted by molar-refractivity contribution is 0.0903. The molecule has 5 rings (SSSR count). The van der Waals surface area contributed by atoms with Crippen LogP contribution in [0.2, 0.25) is 0 Å². The third kappa shape index (κ3) is 5.85. The molecule has 4 heterocycles. The number of fused-ring (bicyclic) bond motifs is 1. The van der Waals surface area contributed by atoms with E-state index >= 15 is 0 Å². The molecule has 0 spiro atoms. The highest BCUT2D eigenvalue weighted by molar-refractivity contribution is 7.22. The first kappa shape index (κ1) is 23.0. The summed E-state index contributed by atoms with van der Waals surface area (Å²) in [5, 5.41) is 4.14. The summed E-state index contributed by atoms with van der Waals surface area (Å²) in [5.74, 6) is 0.0158. The SMILES string of the molecule is O=C(NCCCN1CCC(N2CCCCC2)CC1)c1ccc2nc(N3CCOCC3)sc2c1. The van der Waals surface area contributed by atoms with Gasteiger partial charge in [-0.25, -0.2) is 4.98 Å². The lowest BCUT2D eigenvalue weighted by Crippen LogP contribution is -2.47. The maximum Gasteiger partial charge on any atom is 0.251 e. The molecule has 0 bridgehead atoms. The smallest absolute Gasteiger partial charge is 0.251 e. The highest BCUT2D eigenvalue weighted by atomic mass is 32.1. The zero-order valence-electron chi connectivity index (χ0n) is 19.6. The minimum absolute atomic E-state index is 0.0158. The van der Waals surface area contributed by atoms with Gasteiger partial charge in [0.2, 0.25) is 0 Å². The molecule has 0 unspecified atom stereocenters. The first-order chi connectivity index (χ1) is 16.3. The number of hydrogen-bond donors (Lipinski definition) is 1. The molecule has 3 fully saturated rings. The van der Waals surface area contributed by atoms with Crippen LogP contribution in [-0.4, -0.2) is 92.3 Å². The number of amides is 1. The Morgan fingerprint density at radius 3 is 2.64 bits per heavy atom. The summed E-state index contributed by atoms with van der Waals surface area (Å²) in [6.07, 6.45) is 7.77. The Balaban J connectivity index is 1.05. The van der Waals surface area contributed by atoms with Crippen molar-refractivity contribution in [2.24, 2.45) is 0 Å². The maximum atomic E-state index is 12.7. The van der Waals surface area contributed by atoms with E-state index in [2.05, 4.69) is 20.0 Å². The number of carbonyl (C=O) groups excluding carboxylic acids is 1. The number of nitrogens with one attached hydrogen (secondary N) is 1. The summed E-state index contributed by atoms with van der Waals surface area (Å²) in [6.45, 7) is 10.1. The second kappa shape index (κ2) is 11.1. The molecule has 33 heavy (non-hydrogen) atoms. The molecule has 3 aliphatic rings. The van der Waals surface area contributed by atoms with Crippen molar-refractivity contribution < 1.29 is 9.53 Å². The van der Waals surface area contributed by atoms with E-state index in [0.29, 0.717) is 0 Å². The Morgan fingerprint density at radius 2 is 1.85 bits per heavy atom. The minimum atomic E-state index is 0.0158. The standard InChI is InChI=1S/C25H37N5O2S/c31-24(20-5-6-22-23(19-20)33-25(27-22)30-15-17-32-18-16-30)26-9-4-10-28-13-7-21(8-14-28)29-11-2-1-3-12-29/h5-6,19,21H,1-4,7-18H2,(H,26,31). The third-order valence-electron chi connectivity index (χ3n) is 7.32. The number of piperidine rings is 2. The van der Waals surface area contributed by atoms with Crippen molar-refractivity contribution >= 4 is 32.6 Å². The van der Waals surface area contributed by atoms with Crippen molar-refractivity contribution in [3.05, 3.63) is 23.8 Å². The quantitative estimate of drug-likeness (QED) is 0.626. The molecular formula is C25H37N5O2S. The molecule has 1 N–H and O–H groups in total. The second-order valence-electron chi connectivity index (χ2n) is 9.56. The van der Waals surface area contributed by atoms with E-state index in [1.165, 1.54) is 58.3 Å². The molecule has 3 aliphatic heterocycles. The molecule has 180 valence electrons. The van der Waals surface area contributed by atoms with Gasteiger partial charge in [-0.15, -0.1) is 0 Å². The van der Waals surface area contributed by atoms with Crippen LogP contribution >= 0.6 is 11.3 Å². The molecule has 0 radical (unpaired) electrons. The van der Waals surface area contributed by atoms with Gasteiger partial charge >= 0.3 is 0 Å². The van der Waals surface area contributed by atoms with Gasteiger partial charge in [-0.05, 0) is 83.0 Å². The fraction of sp³-hybridized carbons (Fsp3) is 0.680. The summed E-state index contributed by atoms with van der Waals surface area (Å²) >= 11 is 1.66. The molecule has 0 saturated carbocycles. The molecule has 2 aromatic rings. The van der Waals surface area contributed by atoms with Crippen LogP contribution in [-0.2, 0) is 4.74 Å². The van der Waals surface area contributed by atoms with Crippen molar-refractivity contribution in [2.75, 3.05) is 70.5 Å². The van der Waals surface area contributed by atoms with E-state index in [-0.39, 0.29) is 5.91 Å². The summed E-state index contributed by atoms with van der Waals surface area (Å²) < 4.78 is 6.51. The predicted molar refractivity (Wildman–Crippen MR) is 134 cm³/mol. The van der Waals surface area contributed by atoms with E-state index in [4.69, 9.17) is 9.72 Å². The Kier molecular flexibility index (Phi) is 7.76. The van der Waals surface area contributed by atoms with E-state index in [9.17, 15) is 4.79 Å². The first-order valence-electron chi connectivity index (χ1n) is 12.7. The van der Waals surface area contributed by atoms with Crippen LogP contribution in [0.4, 0.5) is 5.13 Å². The molecule has 1 aromatic heterocycles. The summed E-state index contributed by atoms with van der Waals surface area (Å²) in [6, 6.07) is 6.65. The van der Waals surface area contributed by atoms with E-state index in [1.54, 1.807) is 11.3 Å². The second-order valence-corrected chi connectivity index (χ2v) is 10.6. The number of aromatic nitrogens is 1. The van der Waals surface area contributed by atoms with Gasteiger partial charge in [0.15, 0.2) is 5.13 Å². The highest BCUT2D eigenvalue weighted by Gasteiger charge is 2.25. The number of benzene rings is 1. The van der Waals surface area contributed by atoms with Gasteiger partial charge in [0.1, 0.15) is 0 Å². The Hall–Kier alpha value is -1.74. The van der Waals surface area contributed by atoms with Gasteiger partial charge < -0.3 is 24.8 Å². The van der Waals surface area contributed by atoms with Gasteiger partial charge in [0.05, 0.1) is 23.4 Å². The van der Waals surface area contributed by atoms with E-state index < -0.39 is 0 Å². The molecular weight excluding hydrogens is 434 g/mol. The number of rotatable bonds is 7. The van der Waals surface area contributed by atoms with Crippen LogP contribution in [0.15, 0.2) is 18.2 Å². The predicted octanol–water partition coefficient (Wildman–Crippen LogP) is 3.20. The van der Waals surface area contributed by atoms with Crippen LogP contribution in [0, 0.1) is 0 Å². The van der Waals surface area contributed by atoms with Crippen molar-refractivity contribution in [3.63, 3.8) is 0 Å². The molecule has 1 amide bonds. The van der Waals surface area contributed by atoms with Crippen molar-refractivity contribution in [1.29, 1.82) is 0 Å². The average Bonchev–Trinajstić information content (AvgIpc) is 3.31. The Morgan fingerprint density at radius 1 is 1.06 bits per heavy atom. The van der Waals surface area contributed by atoms with Crippen molar-refractivity contribution in [2.45, 2.75) is 44.6 Å². The van der Waals surface area contributed by atoms with Gasteiger partial charge in [-0.3, -0.25) is 4.79 Å². The number of thiazole rings is 1. The molecule has 1 aromatic carbocycles. The highest BCUT2D eigenvalue weighted by Crippen LogP contribution is 2.30.